The fraction of sp³-hybridized carbons (Fsp3) is 0.889. The van der Waals surface area contributed by atoms with Gasteiger partial charge >= 0.3 is 0 Å². The van der Waals surface area contributed by atoms with E-state index in [0.717, 1.165) is 45.3 Å². The Morgan fingerprint density at radius 3 is 3.00 bits per heavy atom. The van der Waals surface area contributed by atoms with Crippen LogP contribution in [0.4, 0.5) is 0 Å². The van der Waals surface area contributed by atoms with Crippen LogP contribution in [-0.2, 0) is 0 Å². The zero-order valence-corrected chi connectivity index (χ0v) is 8.72. The smallest absolute Gasteiger partial charge is 0.0727 e. The highest BCUT2D eigenvalue weighted by atomic mass is 32.1. The summed E-state index contributed by atoms with van der Waals surface area (Å²) in [6.45, 7) is 2.93. The molecule has 1 unspecified atom stereocenters. The zero-order chi connectivity index (χ0) is 9.68. The van der Waals surface area contributed by atoms with Gasteiger partial charge in [0.25, 0.3) is 0 Å². The molecule has 0 aromatic heterocycles. The fourth-order valence-corrected chi connectivity index (χ4v) is 1.86. The van der Waals surface area contributed by atoms with E-state index >= 15 is 0 Å². The zero-order valence-electron chi connectivity index (χ0n) is 7.91. The summed E-state index contributed by atoms with van der Waals surface area (Å²) in [4.78, 5) is 2.88. The van der Waals surface area contributed by atoms with E-state index in [2.05, 4.69) is 4.90 Å². The molecule has 3 nitrogen and oxygen atoms in total. The predicted molar refractivity (Wildman–Crippen MR) is 57.7 cm³/mol. The minimum absolute atomic E-state index is 0.126. The van der Waals surface area contributed by atoms with Crippen LogP contribution >= 0.6 is 12.2 Å². The summed E-state index contributed by atoms with van der Waals surface area (Å²) < 4.78 is 0. The third-order valence-corrected chi connectivity index (χ3v) is 2.58. The van der Waals surface area contributed by atoms with Gasteiger partial charge in [0.1, 0.15) is 0 Å². The van der Waals surface area contributed by atoms with Crippen LogP contribution in [0, 0.1) is 0 Å². The molecule has 1 aliphatic rings. The number of likely N-dealkylation sites (tertiary alicyclic amines) is 1. The number of aliphatic hydroxyl groups is 1. The van der Waals surface area contributed by atoms with Gasteiger partial charge < -0.3 is 15.7 Å². The first-order valence-electron chi connectivity index (χ1n) is 4.87. The van der Waals surface area contributed by atoms with Crippen molar-refractivity contribution in [3.05, 3.63) is 0 Å². The number of aliphatic hydroxyl groups excluding tert-OH is 1. The minimum Gasteiger partial charge on any atom is -0.393 e. The van der Waals surface area contributed by atoms with Gasteiger partial charge in [-0.15, -0.1) is 0 Å². The van der Waals surface area contributed by atoms with Crippen LogP contribution in [0.3, 0.4) is 0 Å². The Labute approximate surface area is 84.9 Å². The molecule has 0 aliphatic carbocycles. The summed E-state index contributed by atoms with van der Waals surface area (Å²) in [5.41, 5.74) is 5.40. The highest BCUT2D eigenvalue weighted by Crippen LogP contribution is 2.10. The Morgan fingerprint density at radius 1 is 1.62 bits per heavy atom. The molecule has 1 heterocycles. The molecule has 0 amide bonds. The number of thiocarbonyl (C=S) groups is 1. The van der Waals surface area contributed by atoms with Crippen LogP contribution < -0.4 is 5.73 Å². The second-order valence-electron chi connectivity index (χ2n) is 3.67. The molecule has 1 aliphatic heterocycles. The van der Waals surface area contributed by atoms with E-state index in [1.807, 2.05) is 0 Å². The Kier molecular flexibility index (Phi) is 4.62. The van der Waals surface area contributed by atoms with E-state index < -0.39 is 0 Å². The van der Waals surface area contributed by atoms with Gasteiger partial charge in [0, 0.05) is 6.54 Å². The lowest BCUT2D eigenvalue weighted by molar-refractivity contribution is 0.0705. The number of nitrogens with two attached hydrogens (primary N) is 1. The van der Waals surface area contributed by atoms with Crippen molar-refractivity contribution in [2.75, 3.05) is 19.6 Å². The molecule has 1 saturated heterocycles. The monoisotopic (exact) mass is 202 g/mol. The molecule has 0 bridgehead atoms. The largest absolute Gasteiger partial charge is 0.393 e. The molecular formula is C9H18N2OS. The molecule has 3 N–H and O–H groups in total. The molecule has 76 valence electrons. The van der Waals surface area contributed by atoms with Crippen LogP contribution in [0.1, 0.15) is 25.7 Å². The van der Waals surface area contributed by atoms with E-state index in [1.165, 1.54) is 0 Å². The Morgan fingerprint density at radius 2 is 2.38 bits per heavy atom. The van der Waals surface area contributed by atoms with Crippen molar-refractivity contribution >= 4 is 17.2 Å². The average Bonchev–Trinajstić information content (AvgIpc) is 2.03. The normalized spacial score (nSPS) is 24.5. The fourth-order valence-electron chi connectivity index (χ4n) is 1.71. The maximum Gasteiger partial charge on any atom is 0.0727 e. The van der Waals surface area contributed by atoms with Crippen molar-refractivity contribution in [3.63, 3.8) is 0 Å². The standard InChI is InChI=1S/C9H18N2OS/c10-9(13)4-2-6-11-5-1-3-8(12)7-11/h8,12H,1-7H2,(H2,10,13). The number of nitrogens with zero attached hydrogens (tertiary/aromatic N) is 1. The van der Waals surface area contributed by atoms with E-state index in [0.29, 0.717) is 4.99 Å². The van der Waals surface area contributed by atoms with E-state index in [9.17, 15) is 5.11 Å². The molecule has 13 heavy (non-hydrogen) atoms. The lowest BCUT2D eigenvalue weighted by Crippen LogP contribution is -2.38. The van der Waals surface area contributed by atoms with Crippen molar-refractivity contribution in [3.8, 4) is 0 Å². The number of hydrogen-bond acceptors (Lipinski definition) is 3. The highest BCUT2D eigenvalue weighted by Gasteiger charge is 2.16. The summed E-state index contributed by atoms with van der Waals surface area (Å²) in [5, 5.41) is 9.40. The van der Waals surface area contributed by atoms with E-state index in [-0.39, 0.29) is 6.10 Å². The topological polar surface area (TPSA) is 49.5 Å². The van der Waals surface area contributed by atoms with Crippen molar-refractivity contribution in [2.24, 2.45) is 5.73 Å². The third kappa shape index (κ3) is 4.55. The quantitative estimate of drug-likeness (QED) is 0.652. The lowest BCUT2D eigenvalue weighted by atomic mass is 10.1. The van der Waals surface area contributed by atoms with Gasteiger partial charge in [-0.1, -0.05) is 12.2 Å². The summed E-state index contributed by atoms with van der Waals surface area (Å²) in [7, 11) is 0. The first-order valence-corrected chi connectivity index (χ1v) is 5.28. The Bertz CT molecular complexity index is 175. The van der Waals surface area contributed by atoms with Gasteiger partial charge in [-0.25, -0.2) is 0 Å². The maximum absolute atomic E-state index is 9.40. The van der Waals surface area contributed by atoms with E-state index in [1.54, 1.807) is 0 Å². The molecule has 1 rings (SSSR count). The van der Waals surface area contributed by atoms with Crippen LogP contribution in [0.5, 0.6) is 0 Å². The SMILES string of the molecule is NC(=S)CCCN1CCCC(O)C1. The molecule has 0 saturated carbocycles. The number of hydrogen-bond donors (Lipinski definition) is 2. The molecular weight excluding hydrogens is 184 g/mol. The minimum atomic E-state index is -0.126. The second kappa shape index (κ2) is 5.52. The predicted octanol–water partition coefficient (Wildman–Crippen LogP) is 0.509. The molecule has 0 aromatic rings. The van der Waals surface area contributed by atoms with Crippen molar-refractivity contribution in [1.82, 2.24) is 4.90 Å². The first kappa shape index (κ1) is 10.9. The number of rotatable bonds is 4. The van der Waals surface area contributed by atoms with Gasteiger partial charge in [-0.05, 0) is 38.8 Å². The lowest BCUT2D eigenvalue weighted by Gasteiger charge is -2.29. The Hall–Kier alpha value is -0.190. The highest BCUT2D eigenvalue weighted by molar-refractivity contribution is 7.80. The Balaban J connectivity index is 2.10. The number of β-amino-alcohol motifs (C(OH)–C–C–N with tert-alkyl or cyclic N) is 1. The van der Waals surface area contributed by atoms with E-state index in [4.69, 9.17) is 18.0 Å². The van der Waals surface area contributed by atoms with Gasteiger partial charge in [-0.2, -0.15) is 0 Å². The molecule has 4 heteroatoms. The third-order valence-electron chi connectivity index (χ3n) is 2.38. The molecule has 1 atom stereocenters. The molecule has 0 aromatic carbocycles. The molecule has 1 fully saturated rings. The second-order valence-corrected chi connectivity index (χ2v) is 4.19. The van der Waals surface area contributed by atoms with Crippen LogP contribution in [0.15, 0.2) is 0 Å². The summed E-state index contributed by atoms with van der Waals surface area (Å²) in [6, 6.07) is 0. The summed E-state index contributed by atoms with van der Waals surface area (Å²) in [6.07, 6.45) is 3.77. The molecule has 0 spiro atoms. The van der Waals surface area contributed by atoms with Gasteiger partial charge in [-0.3, -0.25) is 0 Å². The molecule has 0 radical (unpaired) electrons. The van der Waals surface area contributed by atoms with Crippen LogP contribution in [0.25, 0.3) is 0 Å². The van der Waals surface area contributed by atoms with Gasteiger partial charge in [0.2, 0.25) is 0 Å². The average molecular weight is 202 g/mol. The van der Waals surface area contributed by atoms with Crippen molar-refractivity contribution in [2.45, 2.75) is 31.8 Å². The van der Waals surface area contributed by atoms with Crippen molar-refractivity contribution < 1.29 is 5.11 Å². The van der Waals surface area contributed by atoms with Crippen LogP contribution in [0.2, 0.25) is 0 Å². The van der Waals surface area contributed by atoms with Gasteiger partial charge in [0.15, 0.2) is 0 Å². The summed E-state index contributed by atoms with van der Waals surface area (Å²) >= 11 is 4.80. The van der Waals surface area contributed by atoms with Gasteiger partial charge in [0.05, 0.1) is 11.1 Å². The maximum atomic E-state index is 9.40. The first-order chi connectivity index (χ1) is 6.18. The summed E-state index contributed by atoms with van der Waals surface area (Å²) in [5.74, 6) is 0. The van der Waals surface area contributed by atoms with Crippen molar-refractivity contribution in [1.29, 1.82) is 0 Å². The van der Waals surface area contributed by atoms with Crippen LogP contribution in [-0.4, -0.2) is 40.7 Å². The number of piperidine rings is 1.